The molecule has 0 bridgehead atoms. The summed E-state index contributed by atoms with van der Waals surface area (Å²) >= 11 is 0. The monoisotopic (exact) mass is 431 g/mol. The van der Waals surface area contributed by atoms with Crippen LogP contribution in [0.15, 0.2) is 30.3 Å². The number of rotatable bonds is 7. The Morgan fingerprint density at radius 2 is 1.58 bits per heavy atom. The smallest absolute Gasteiger partial charge is 0.329 e. The summed E-state index contributed by atoms with van der Waals surface area (Å²) in [5.74, 6) is -0.803. The average Bonchev–Trinajstić information content (AvgIpc) is 2.77. The van der Waals surface area contributed by atoms with Crippen LogP contribution >= 0.6 is 0 Å². The SMILES string of the molecule is COc1ccc(/C=C/C(=O)N[C@@H](C)C(=O)OC(C)C(=O)N2CCN(C(C)=O)CC2)cc1. The number of carbonyl (C=O) groups excluding carboxylic acids is 4. The fraction of sp³-hybridized carbons (Fsp3) is 0.455. The molecule has 0 aromatic heterocycles. The molecule has 168 valence electrons. The van der Waals surface area contributed by atoms with E-state index in [2.05, 4.69) is 5.32 Å². The predicted octanol–water partition coefficient (Wildman–Crippen LogP) is 0.836. The summed E-state index contributed by atoms with van der Waals surface area (Å²) in [5.41, 5.74) is 0.801. The highest BCUT2D eigenvalue weighted by molar-refractivity contribution is 5.95. The van der Waals surface area contributed by atoms with E-state index < -0.39 is 24.0 Å². The van der Waals surface area contributed by atoms with Crippen molar-refractivity contribution in [2.45, 2.75) is 32.9 Å². The molecule has 1 aliphatic rings. The predicted molar refractivity (Wildman–Crippen MR) is 114 cm³/mol. The molecule has 1 aromatic carbocycles. The van der Waals surface area contributed by atoms with E-state index in [-0.39, 0.29) is 11.8 Å². The van der Waals surface area contributed by atoms with E-state index in [0.717, 1.165) is 5.56 Å². The van der Waals surface area contributed by atoms with E-state index in [1.54, 1.807) is 47.3 Å². The van der Waals surface area contributed by atoms with E-state index in [9.17, 15) is 19.2 Å². The third-order valence-corrected chi connectivity index (χ3v) is 4.93. The number of nitrogens with one attached hydrogen (secondary N) is 1. The Kier molecular flexibility index (Phi) is 8.60. The molecular weight excluding hydrogens is 402 g/mol. The number of piperazine rings is 1. The number of ether oxygens (including phenoxy) is 2. The number of esters is 1. The fourth-order valence-electron chi connectivity index (χ4n) is 3.03. The molecule has 0 aliphatic carbocycles. The van der Waals surface area contributed by atoms with Crippen LogP contribution in [0, 0.1) is 0 Å². The molecule has 1 fully saturated rings. The van der Waals surface area contributed by atoms with Crippen LogP contribution in [0.5, 0.6) is 5.75 Å². The Morgan fingerprint density at radius 1 is 1.00 bits per heavy atom. The standard InChI is InChI=1S/C22H29N3O6/c1-15(23-20(27)10-7-18-5-8-19(30-4)9-6-18)22(29)31-16(2)21(28)25-13-11-24(12-14-25)17(3)26/h5-10,15-16H,11-14H2,1-4H3,(H,23,27)/b10-7+/t15-,16?/m0/s1. The first kappa shape index (κ1) is 23.9. The second-order valence-corrected chi connectivity index (χ2v) is 7.25. The van der Waals surface area contributed by atoms with Crippen molar-refractivity contribution in [2.24, 2.45) is 0 Å². The van der Waals surface area contributed by atoms with Crippen LogP contribution in [-0.2, 0) is 23.9 Å². The third kappa shape index (κ3) is 7.13. The normalized spacial score (nSPS) is 15.9. The second kappa shape index (κ2) is 11.1. The van der Waals surface area contributed by atoms with Gasteiger partial charge in [0.25, 0.3) is 5.91 Å². The largest absolute Gasteiger partial charge is 0.497 e. The Labute approximate surface area is 182 Å². The highest BCUT2D eigenvalue weighted by Gasteiger charge is 2.29. The summed E-state index contributed by atoms with van der Waals surface area (Å²) in [6, 6.07) is 6.22. The summed E-state index contributed by atoms with van der Waals surface area (Å²) in [7, 11) is 1.57. The molecule has 0 spiro atoms. The van der Waals surface area contributed by atoms with Crippen molar-refractivity contribution in [3.63, 3.8) is 0 Å². The van der Waals surface area contributed by atoms with Gasteiger partial charge in [0.05, 0.1) is 7.11 Å². The van der Waals surface area contributed by atoms with Crippen molar-refractivity contribution in [1.29, 1.82) is 0 Å². The maximum absolute atomic E-state index is 12.5. The van der Waals surface area contributed by atoms with Crippen LogP contribution in [0.1, 0.15) is 26.3 Å². The lowest BCUT2D eigenvalue weighted by Crippen LogP contribution is -2.53. The van der Waals surface area contributed by atoms with Gasteiger partial charge in [-0.1, -0.05) is 12.1 Å². The van der Waals surface area contributed by atoms with Crippen LogP contribution in [-0.4, -0.2) is 78.9 Å². The molecule has 9 nitrogen and oxygen atoms in total. The van der Waals surface area contributed by atoms with Crippen LogP contribution in [0.2, 0.25) is 0 Å². The molecule has 1 aromatic rings. The highest BCUT2D eigenvalue weighted by Crippen LogP contribution is 2.12. The lowest BCUT2D eigenvalue weighted by atomic mass is 10.2. The molecule has 31 heavy (non-hydrogen) atoms. The second-order valence-electron chi connectivity index (χ2n) is 7.25. The molecule has 1 N–H and O–H groups in total. The van der Waals surface area contributed by atoms with Gasteiger partial charge in [-0.25, -0.2) is 4.79 Å². The Balaban J connectivity index is 1.79. The van der Waals surface area contributed by atoms with Crippen LogP contribution in [0.4, 0.5) is 0 Å². The lowest BCUT2D eigenvalue weighted by molar-refractivity contribution is -0.161. The summed E-state index contributed by atoms with van der Waals surface area (Å²) < 4.78 is 10.3. The minimum Gasteiger partial charge on any atom is -0.497 e. The topological polar surface area (TPSA) is 105 Å². The van der Waals surface area contributed by atoms with Gasteiger partial charge >= 0.3 is 5.97 Å². The molecule has 9 heteroatoms. The van der Waals surface area contributed by atoms with Crippen molar-refractivity contribution in [2.75, 3.05) is 33.3 Å². The van der Waals surface area contributed by atoms with Gasteiger partial charge < -0.3 is 24.6 Å². The lowest BCUT2D eigenvalue weighted by Gasteiger charge is -2.35. The Hall–Kier alpha value is -3.36. The van der Waals surface area contributed by atoms with Gasteiger partial charge in [-0.05, 0) is 37.6 Å². The molecule has 1 aliphatic heterocycles. The van der Waals surface area contributed by atoms with Gasteiger partial charge in [0.1, 0.15) is 11.8 Å². The van der Waals surface area contributed by atoms with Gasteiger partial charge in [0.15, 0.2) is 6.10 Å². The van der Waals surface area contributed by atoms with E-state index in [1.165, 1.54) is 26.8 Å². The zero-order valence-electron chi connectivity index (χ0n) is 18.3. The Bertz CT molecular complexity index is 828. The fourth-order valence-corrected chi connectivity index (χ4v) is 3.03. The maximum Gasteiger partial charge on any atom is 0.329 e. The van der Waals surface area contributed by atoms with E-state index in [0.29, 0.717) is 31.9 Å². The minimum absolute atomic E-state index is 0.0304. The van der Waals surface area contributed by atoms with Gasteiger partial charge in [0, 0.05) is 39.2 Å². The number of hydrogen-bond acceptors (Lipinski definition) is 6. The van der Waals surface area contributed by atoms with Crippen molar-refractivity contribution in [3.8, 4) is 5.75 Å². The van der Waals surface area contributed by atoms with E-state index in [4.69, 9.17) is 9.47 Å². The molecule has 3 amide bonds. The van der Waals surface area contributed by atoms with Crippen LogP contribution in [0.3, 0.4) is 0 Å². The zero-order valence-corrected chi connectivity index (χ0v) is 18.3. The van der Waals surface area contributed by atoms with Crippen molar-refractivity contribution in [1.82, 2.24) is 15.1 Å². The number of amides is 3. The van der Waals surface area contributed by atoms with Gasteiger partial charge in [-0.3, -0.25) is 14.4 Å². The third-order valence-electron chi connectivity index (χ3n) is 4.93. The number of methoxy groups -OCH3 is 1. The quantitative estimate of drug-likeness (QED) is 0.507. The summed E-state index contributed by atoms with van der Waals surface area (Å²) in [6.45, 7) is 6.17. The van der Waals surface area contributed by atoms with E-state index >= 15 is 0 Å². The molecule has 1 unspecified atom stereocenters. The zero-order chi connectivity index (χ0) is 23.0. The van der Waals surface area contributed by atoms with Gasteiger partial charge in [-0.2, -0.15) is 0 Å². The summed E-state index contributed by atoms with van der Waals surface area (Å²) in [5, 5.41) is 2.52. The van der Waals surface area contributed by atoms with Crippen molar-refractivity contribution < 1.29 is 28.7 Å². The first-order chi connectivity index (χ1) is 14.7. The number of hydrogen-bond donors (Lipinski definition) is 1. The average molecular weight is 431 g/mol. The first-order valence-corrected chi connectivity index (χ1v) is 10.1. The number of carbonyl (C=O) groups is 4. The summed E-state index contributed by atoms with van der Waals surface area (Å²) in [4.78, 5) is 51.4. The van der Waals surface area contributed by atoms with Gasteiger partial charge in [0.2, 0.25) is 11.8 Å². The first-order valence-electron chi connectivity index (χ1n) is 10.1. The number of nitrogens with zero attached hydrogens (tertiary/aromatic N) is 2. The van der Waals surface area contributed by atoms with E-state index in [1.807, 2.05) is 0 Å². The number of benzene rings is 1. The highest BCUT2D eigenvalue weighted by atomic mass is 16.5. The molecule has 2 atom stereocenters. The Morgan fingerprint density at radius 3 is 2.13 bits per heavy atom. The van der Waals surface area contributed by atoms with Crippen molar-refractivity contribution in [3.05, 3.63) is 35.9 Å². The molecule has 2 rings (SSSR count). The molecule has 0 saturated carbocycles. The van der Waals surface area contributed by atoms with Crippen LogP contribution < -0.4 is 10.1 Å². The summed E-state index contributed by atoms with van der Waals surface area (Å²) in [6.07, 6.45) is 1.94. The minimum atomic E-state index is -0.981. The maximum atomic E-state index is 12.5. The molecular formula is C22H29N3O6. The molecule has 1 saturated heterocycles. The van der Waals surface area contributed by atoms with Gasteiger partial charge in [-0.15, -0.1) is 0 Å². The molecule has 0 radical (unpaired) electrons. The van der Waals surface area contributed by atoms with Crippen molar-refractivity contribution >= 4 is 29.8 Å². The molecule has 1 heterocycles. The van der Waals surface area contributed by atoms with Crippen LogP contribution in [0.25, 0.3) is 6.08 Å².